The molecule has 0 aliphatic carbocycles. The van der Waals surface area contributed by atoms with E-state index in [9.17, 15) is 4.79 Å². The van der Waals surface area contributed by atoms with E-state index in [1.165, 1.54) is 10.9 Å². The first-order chi connectivity index (χ1) is 13.5. The number of aromatic nitrogens is 3. The molecule has 1 aliphatic rings. The second-order valence-electron chi connectivity index (χ2n) is 7.06. The van der Waals surface area contributed by atoms with E-state index in [4.69, 9.17) is 15.2 Å². The molecule has 0 spiro atoms. The average molecular weight is 397 g/mol. The Bertz CT molecular complexity index is 1060. The number of hydrogen-bond donors (Lipinski definition) is 1. The van der Waals surface area contributed by atoms with E-state index in [-0.39, 0.29) is 19.0 Å². The SMILES string of the molecule is C.COc1cc(-c2cn(C)c(=O)c3cncnc23)cc(OC)c1CN1CC(N)C1. The normalized spacial score (nSPS) is 14.3. The third-order valence-electron chi connectivity index (χ3n) is 5.13. The molecule has 154 valence electrons. The van der Waals surface area contributed by atoms with Crippen LogP contribution in [-0.4, -0.2) is 52.8 Å². The highest BCUT2D eigenvalue weighted by Crippen LogP contribution is 2.37. The van der Waals surface area contributed by atoms with E-state index in [0.29, 0.717) is 17.4 Å². The van der Waals surface area contributed by atoms with Gasteiger partial charge in [-0.25, -0.2) is 9.97 Å². The quantitative estimate of drug-likeness (QED) is 0.701. The van der Waals surface area contributed by atoms with Gasteiger partial charge in [-0.3, -0.25) is 9.69 Å². The molecular formula is C21H27N5O3. The van der Waals surface area contributed by atoms with Crippen molar-refractivity contribution in [2.45, 2.75) is 20.0 Å². The zero-order chi connectivity index (χ0) is 19.8. The number of nitrogens with two attached hydrogens (primary N) is 1. The molecule has 2 N–H and O–H groups in total. The Balaban J connectivity index is 0.00000240. The minimum absolute atomic E-state index is 0. The van der Waals surface area contributed by atoms with Crippen LogP contribution in [0.15, 0.2) is 35.6 Å². The molecule has 4 rings (SSSR count). The summed E-state index contributed by atoms with van der Waals surface area (Å²) < 4.78 is 12.9. The van der Waals surface area contributed by atoms with Gasteiger partial charge in [-0.15, -0.1) is 0 Å². The van der Waals surface area contributed by atoms with Crippen molar-refractivity contribution in [2.75, 3.05) is 27.3 Å². The summed E-state index contributed by atoms with van der Waals surface area (Å²) in [6.45, 7) is 2.42. The summed E-state index contributed by atoms with van der Waals surface area (Å²) in [5.74, 6) is 1.46. The van der Waals surface area contributed by atoms with Crippen LogP contribution < -0.4 is 20.8 Å². The maximum absolute atomic E-state index is 12.4. The number of benzene rings is 1. The molecule has 8 nitrogen and oxygen atoms in total. The third-order valence-corrected chi connectivity index (χ3v) is 5.13. The number of pyridine rings is 1. The lowest BCUT2D eigenvalue weighted by Gasteiger charge is -2.37. The molecule has 0 bridgehead atoms. The summed E-state index contributed by atoms with van der Waals surface area (Å²) in [6, 6.07) is 4.14. The standard InChI is InChI=1S/C20H23N5O3.CH4/c1-24-9-15(19-14(20(24)26)6-22-11-23-19)12-4-17(27-2)16(18(5-12)28-3)10-25-7-13(21)8-25;/h4-6,9,11,13H,7-8,10,21H2,1-3H3;1H4. The van der Waals surface area contributed by atoms with Crippen LogP contribution in [-0.2, 0) is 13.6 Å². The highest BCUT2D eigenvalue weighted by atomic mass is 16.5. The molecule has 3 aromatic rings. The van der Waals surface area contributed by atoms with E-state index in [1.54, 1.807) is 33.7 Å². The van der Waals surface area contributed by atoms with Crippen LogP contribution in [0.3, 0.4) is 0 Å². The van der Waals surface area contributed by atoms with Gasteiger partial charge >= 0.3 is 0 Å². The molecule has 0 saturated carbocycles. The number of aryl methyl sites for hydroxylation is 1. The van der Waals surface area contributed by atoms with Crippen LogP contribution in [0.4, 0.5) is 0 Å². The maximum atomic E-state index is 12.4. The van der Waals surface area contributed by atoms with E-state index < -0.39 is 0 Å². The van der Waals surface area contributed by atoms with Crippen molar-refractivity contribution in [1.82, 2.24) is 19.4 Å². The third kappa shape index (κ3) is 3.68. The highest BCUT2D eigenvalue weighted by Gasteiger charge is 2.26. The molecule has 1 aromatic carbocycles. The number of nitrogens with zero attached hydrogens (tertiary/aromatic N) is 4. The minimum atomic E-state index is -0.135. The molecule has 3 heterocycles. The van der Waals surface area contributed by atoms with Crippen molar-refractivity contribution in [3.63, 3.8) is 0 Å². The first kappa shape index (κ1) is 20.8. The first-order valence-corrected chi connectivity index (χ1v) is 9.04. The Hall–Kier alpha value is -2.97. The van der Waals surface area contributed by atoms with E-state index in [0.717, 1.165) is 41.3 Å². The topological polar surface area (TPSA) is 95.5 Å². The van der Waals surface area contributed by atoms with Gasteiger partial charge in [0.15, 0.2) is 0 Å². The van der Waals surface area contributed by atoms with Gasteiger partial charge in [0, 0.05) is 50.7 Å². The van der Waals surface area contributed by atoms with Crippen molar-refractivity contribution in [1.29, 1.82) is 0 Å². The molecule has 1 saturated heterocycles. The van der Waals surface area contributed by atoms with Gasteiger partial charge < -0.3 is 19.8 Å². The fraction of sp³-hybridized carbons (Fsp3) is 0.381. The fourth-order valence-electron chi connectivity index (χ4n) is 3.67. The summed E-state index contributed by atoms with van der Waals surface area (Å²) in [4.78, 5) is 23.0. The predicted octanol–water partition coefficient (Wildman–Crippen LogP) is 1.79. The van der Waals surface area contributed by atoms with Crippen molar-refractivity contribution in [2.24, 2.45) is 12.8 Å². The lowest BCUT2D eigenvalue weighted by Crippen LogP contribution is -2.54. The average Bonchev–Trinajstić information content (AvgIpc) is 2.69. The molecule has 1 fully saturated rings. The molecule has 29 heavy (non-hydrogen) atoms. The largest absolute Gasteiger partial charge is 0.496 e. The lowest BCUT2D eigenvalue weighted by atomic mass is 10.00. The number of ether oxygens (including phenoxy) is 2. The van der Waals surface area contributed by atoms with Gasteiger partial charge in [-0.1, -0.05) is 7.43 Å². The lowest BCUT2D eigenvalue weighted by molar-refractivity contribution is 0.139. The molecule has 0 amide bonds. The summed E-state index contributed by atoms with van der Waals surface area (Å²) >= 11 is 0. The zero-order valence-corrected chi connectivity index (χ0v) is 16.2. The maximum Gasteiger partial charge on any atom is 0.261 e. The molecule has 2 aromatic heterocycles. The number of rotatable bonds is 5. The summed E-state index contributed by atoms with van der Waals surface area (Å²) in [6.07, 6.45) is 4.77. The Morgan fingerprint density at radius 1 is 1.21 bits per heavy atom. The Morgan fingerprint density at radius 3 is 2.45 bits per heavy atom. The van der Waals surface area contributed by atoms with Gasteiger partial charge in [-0.2, -0.15) is 0 Å². The van der Waals surface area contributed by atoms with Crippen LogP contribution in [0.2, 0.25) is 0 Å². The fourth-order valence-corrected chi connectivity index (χ4v) is 3.67. The van der Waals surface area contributed by atoms with Crippen LogP contribution in [0.1, 0.15) is 13.0 Å². The second kappa shape index (κ2) is 8.18. The summed E-state index contributed by atoms with van der Waals surface area (Å²) in [7, 11) is 5.00. The number of methoxy groups -OCH3 is 2. The number of hydrogen-bond acceptors (Lipinski definition) is 7. The molecular weight excluding hydrogens is 370 g/mol. The van der Waals surface area contributed by atoms with Crippen molar-refractivity contribution < 1.29 is 9.47 Å². The van der Waals surface area contributed by atoms with Crippen LogP contribution in [0, 0.1) is 0 Å². The number of fused-ring (bicyclic) bond motifs is 1. The molecule has 8 heteroatoms. The van der Waals surface area contributed by atoms with E-state index >= 15 is 0 Å². The van der Waals surface area contributed by atoms with Crippen LogP contribution in [0.25, 0.3) is 22.0 Å². The Labute approximate surface area is 169 Å². The van der Waals surface area contributed by atoms with Crippen LogP contribution in [0.5, 0.6) is 11.5 Å². The predicted molar refractivity (Wildman–Crippen MR) is 113 cm³/mol. The molecule has 0 atom stereocenters. The van der Waals surface area contributed by atoms with E-state index in [2.05, 4.69) is 14.9 Å². The van der Waals surface area contributed by atoms with Gasteiger partial charge in [0.2, 0.25) is 0 Å². The number of likely N-dealkylation sites (tertiary alicyclic amines) is 1. The van der Waals surface area contributed by atoms with Gasteiger partial charge in [0.25, 0.3) is 5.56 Å². The first-order valence-electron chi connectivity index (χ1n) is 9.04. The molecule has 1 aliphatic heterocycles. The zero-order valence-electron chi connectivity index (χ0n) is 16.2. The van der Waals surface area contributed by atoms with Crippen molar-refractivity contribution in [3.8, 4) is 22.6 Å². The van der Waals surface area contributed by atoms with Crippen LogP contribution >= 0.6 is 0 Å². The van der Waals surface area contributed by atoms with Crippen molar-refractivity contribution in [3.05, 3.63) is 46.8 Å². The van der Waals surface area contributed by atoms with Gasteiger partial charge in [-0.05, 0) is 17.7 Å². The second-order valence-corrected chi connectivity index (χ2v) is 7.06. The Morgan fingerprint density at radius 2 is 1.86 bits per heavy atom. The smallest absolute Gasteiger partial charge is 0.261 e. The molecule has 0 unspecified atom stereocenters. The highest BCUT2D eigenvalue weighted by molar-refractivity contribution is 5.92. The summed E-state index contributed by atoms with van der Waals surface area (Å²) in [5, 5.41) is 0.471. The minimum Gasteiger partial charge on any atom is -0.496 e. The monoisotopic (exact) mass is 397 g/mol. The van der Waals surface area contributed by atoms with Crippen molar-refractivity contribution >= 4 is 10.9 Å². The molecule has 0 radical (unpaired) electrons. The van der Waals surface area contributed by atoms with Gasteiger partial charge in [0.1, 0.15) is 17.8 Å². The Kier molecular flexibility index (Phi) is 5.86. The van der Waals surface area contributed by atoms with E-state index in [1.807, 2.05) is 12.1 Å². The van der Waals surface area contributed by atoms with Gasteiger partial charge in [0.05, 0.1) is 30.7 Å². The summed E-state index contributed by atoms with van der Waals surface area (Å²) in [5.41, 5.74) is 9.01.